The number of phenolic OH excluding ortho intramolecular Hbond substituents is 1. The highest BCUT2D eigenvalue weighted by Crippen LogP contribution is 2.41. The van der Waals surface area contributed by atoms with E-state index in [9.17, 15) is 18.3 Å². The van der Waals surface area contributed by atoms with E-state index in [4.69, 9.17) is 4.74 Å². The van der Waals surface area contributed by atoms with Crippen molar-refractivity contribution in [2.24, 2.45) is 5.41 Å². The second kappa shape index (κ2) is 7.49. The Labute approximate surface area is 141 Å². The molecule has 1 N–H and O–H groups in total. The van der Waals surface area contributed by atoms with Crippen LogP contribution in [0.3, 0.4) is 0 Å². The van der Waals surface area contributed by atoms with Crippen LogP contribution in [0.5, 0.6) is 11.5 Å². The van der Waals surface area contributed by atoms with E-state index in [0.717, 1.165) is 32.1 Å². The lowest BCUT2D eigenvalue weighted by molar-refractivity contribution is 0.131. The largest absolute Gasteiger partial charge is 0.503 e. The number of rotatable bonds is 4. The van der Waals surface area contributed by atoms with E-state index in [1.807, 2.05) is 0 Å². The van der Waals surface area contributed by atoms with Gasteiger partial charge in [0.2, 0.25) is 11.6 Å². The smallest absolute Gasteiger partial charge is 0.210 e. The Morgan fingerprint density at radius 1 is 1.08 bits per heavy atom. The summed E-state index contributed by atoms with van der Waals surface area (Å²) in [5.74, 6) is -6.21. The average molecular weight is 342 g/mol. The Morgan fingerprint density at radius 3 is 2.42 bits per heavy atom. The fourth-order valence-corrected chi connectivity index (χ4v) is 3.13. The van der Waals surface area contributed by atoms with Gasteiger partial charge >= 0.3 is 0 Å². The van der Waals surface area contributed by atoms with Crippen LogP contribution in [-0.2, 0) is 0 Å². The summed E-state index contributed by atoms with van der Waals surface area (Å²) < 4.78 is 47.7. The maximum Gasteiger partial charge on any atom is 0.210 e. The first-order chi connectivity index (χ1) is 11.3. The minimum Gasteiger partial charge on any atom is -0.503 e. The highest BCUT2D eigenvalue weighted by molar-refractivity contribution is 5.46. The second-order valence-electron chi connectivity index (χ2n) is 7.19. The highest BCUT2D eigenvalue weighted by atomic mass is 19.2. The molecule has 1 aromatic carbocycles. The molecular weight excluding hydrogens is 317 g/mol. The van der Waals surface area contributed by atoms with Crippen molar-refractivity contribution in [3.05, 3.63) is 35.2 Å². The molecule has 0 aromatic heterocycles. The standard InChI is InChI=1S/C19H25F3O2/c1-12(2)13-14(20)15(21)17(23)16(22)18(13)24-11-19(3)9-7-5-4-6-8-10-19/h4-5,12,23H,6-11H2,1-3H3/b5-4-. The van der Waals surface area contributed by atoms with Crippen LogP contribution in [-0.4, -0.2) is 11.7 Å². The predicted octanol–water partition coefficient (Wildman–Crippen LogP) is 5.84. The first-order valence-corrected chi connectivity index (χ1v) is 8.44. The number of halogens is 3. The molecule has 1 aromatic rings. The van der Waals surface area contributed by atoms with Gasteiger partial charge in [-0.05, 0) is 38.0 Å². The number of benzene rings is 1. The summed E-state index contributed by atoms with van der Waals surface area (Å²) in [7, 11) is 0. The van der Waals surface area contributed by atoms with Crippen LogP contribution in [0.25, 0.3) is 0 Å². The van der Waals surface area contributed by atoms with E-state index in [0.29, 0.717) is 0 Å². The van der Waals surface area contributed by atoms with Crippen LogP contribution >= 0.6 is 0 Å². The van der Waals surface area contributed by atoms with E-state index in [2.05, 4.69) is 19.1 Å². The van der Waals surface area contributed by atoms with Gasteiger partial charge in [-0.3, -0.25) is 0 Å². The molecule has 1 atom stereocenters. The summed E-state index contributed by atoms with van der Waals surface area (Å²) in [5.41, 5.74) is -0.344. The number of aromatic hydroxyl groups is 1. The third-order valence-corrected chi connectivity index (χ3v) is 4.66. The Morgan fingerprint density at radius 2 is 1.75 bits per heavy atom. The Balaban J connectivity index is 2.30. The van der Waals surface area contributed by atoms with Gasteiger partial charge in [0.05, 0.1) is 6.61 Å². The molecule has 1 aliphatic carbocycles. The van der Waals surface area contributed by atoms with Crippen molar-refractivity contribution >= 4 is 0 Å². The van der Waals surface area contributed by atoms with Crippen molar-refractivity contribution in [3.8, 4) is 11.5 Å². The zero-order valence-electron chi connectivity index (χ0n) is 14.5. The van der Waals surface area contributed by atoms with E-state index in [1.165, 1.54) is 0 Å². The van der Waals surface area contributed by atoms with Gasteiger partial charge in [0, 0.05) is 11.0 Å². The number of allylic oxidation sites excluding steroid dienone is 2. The second-order valence-corrected chi connectivity index (χ2v) is 7.19. The predicted molar refractivity (Wildman–Crippen MR) is 87.9 cm³/mol. The van der Waals surface area contributed by atoms with Crippen LogP contribution in [0.4, 0.5) is 13.2 Å². The molecule has 0 bridgehead atoms. The van der Waals surface area contributed by atoms with Gasteiger partial charge in [0.25, 0.3) is 0 Å². The Hall–Kier alpha value is -1.65. The highest BCUT2D eigenvalue weighted by Gasteiger charge is 2.30. The molecular formula is C19H25F3O2. The molecule has 0 saturated carbocycles. The molecule has 0 amide bonds. The van der Waals surface area contributed by atoms with Gasteiger partial charge in [-0.1, -0.05) is 32.9 Å². The van der Waals surface area contributed by atoms with E-state index < -0.39 is 29.1 Å². The van der Waals surface area contributed by atoms with Crippen molar-refractivity contribution < 1.29 is 23.0 Å². The normalized spacial score (nSPS) is 23.0. The van der Waals surface area contributed by atoms with Crippen LogP contribution in [0.15, 0.2) is 12.2 Å². The zero-order chi connectivity index (χ0) is 17.9. The number of ether oxygens (including phenoxy) is 1. The molecule has 0 heterocycles. The quantitative estimate of drug-likeness (QED) is 0.550. The van der Waals surface area contributed by atoms with Crippen molar-refractivity contribution in [2.45, 2.75) is 58.8 Å². The first-order valence-electron chi connectivity index (χ1n) is 8.44. The maximum absolute atomic E-state index is 14.3. The molecule has 5 heteroatoms. The van der Waals surface area contributed by atoms with Crippen molar-refractivity contribution in [1.82, 2.24) is 0 Å². The zero-order valence-corrected chi connectivity index (χ0v) is 14.5. The van der Waals surface area contributed by atoms with Gasteiger partial charge in [0.15, 0.2) is 17.3 Å². The monoisotopic (exact) mass is 342 g/mol. The number of hydrogen-bond acceptors (Lipinski definition) is 2. The van der Waals surface area contributed by atoms with Crippen LogP contribution < -0.4 is 4.74 Å². The lowest BCUT2D eigenvalue weighted by Crippen LogP contribution is -2.26. The minimum absolute atomic E-state index is 0.169. The minimum atomic E-state index is -1.56. The first kappa shape index (κ1) is 18.7. The lowest BCUT2D eigenvalue weighted by Gasteiger charge is -2.31. The topological polar surface area (TPSA) is 29.5 Å². The van der Waals surface area contributed by atoms with Gasteiger partial charge < -0.3 is 9.84 Å². The van der Waals surface area contributed by atoms with E-state index in [1.54, 1.807) is 13.8 Å². The number of phenols is 1. The summed E-state index contributed by atoms with van der Waals surface area (Å²) in [6.45, 7) is 5.51. The third-order valence-electron chi connectivity index (χ3n) is 4.66. The summed E-state index contributed by atoms with van der Waals surface area (Å²) in [5, 5.41) is 9.48. The van der Waals surface area contributed by atoms with Gasteiger partial charge in [0.1, 0.15) is 0 Å². The summed E-state index contributed by atoms with van der Waals surface area (Å²) in [6, 6.07) is 0. The van der Waals surface area contributed by atoms with E-state index in [-0.39, 0.29) is 23.3 Å². The lowest BCUT2D eigenvalue weighted by atomic mass is 9.80. The average Bonchev–Trinajstić information content (AvgIpc) is 2.51. The molecule has 0 fully saturated rings. The van der Waals surface area contributed by atoms with Gasteiger partial charge in [-0.15, -0.1) is 0 Å². The van der Waals surface area contributed by atoms with Gasteiger partial charge in [-0.25, -0.2) is 4.39 Å². The van der Waals surface area contributed by atoms with Gasteiger partial charge in [-0.2, -0.15) is 8.78 Å². The van der Waals surface area contributed by atoms with Crippen molar-refractivity contribution in [3.63, 3.8) is 0 Å². The molecule has 0 aliphatic heterocycles. The fraction of sp³-hybridized carbons (Fsp3) is 0.579. The summed E-state index contributed by atoms with van der Waals surface area (Å²) >= 11 is 0. The Kier molecular flexibility index (Phi) is 5.83. The molecule has 1 unspecified atom stereocenters. The van der Waals surface area contributed by atoms with E-state index >= 15 is 0 Å². The molecule has 24 heavy (non-hydrogen) atoms. The maximum atomic E-state index is 14.3. The van der Waals surface area contributed by atoms with Crippen LogP contribution in [0.2, 0.25) is 0 Å². The Bertz CT molecular complexity index is 626. The van der Waals surface area contributed by atoms with Crippen molar-refractivity contribution in [1.29, 1.82) is 0 Å². The number of hydrogen-bond donors (Lipinski definition) is 1. The third kappa shape index (κ3) is 3.87. The summed E-state index contributed by atoms with van der Waals surface area (Å²) in [6.07, 6.45) is 8.96. The van der Waals surface area contributed by atoms with Crippen molar-refractivity contribution in [2.75, 3.05) is 6.61 Å². The van der Waals surface area contributed by atoms with Crippen LogP contribution in [0, 0.1) is 22.9 Å². The molecule has 0 spiro atoms. The SMILES string of the molecule is CC(C)c1c(F)c(F)c(O)c(F)c1OCC1(C)CC/C=C\CCC1. The molecule has 1 aliphatic rings. The van der Waals surface area contributed by atoms with Crippen LogP contribution in [0.1, 0.15) is 64.4 Å². The molecule has 134 valence electrons. The molecule has 0 radical (unpaired) electrons. The molecule has 0 saturated heterocycles. The molecule has 2 rings (SSSR count). The summed E-state index contributed by atoms with van der Waals surface area (Å²) in [4.78, 5) is 0. The molecule has 2 nitrogen and oxygen atoms in total. The fourth-order valence-electron chi connectivity index (χ4n) is 3.13.